The molecule has 0 saturated heterocycles. The van der Waals surface area contributed by atoms with E-state index in [0.717, 1.165) is 34.8 Å². The largest absolute Gasteiger partial charge is 0.506 e. The summed E-state index contributed by atoms with van der Waals surface area (Å²) in [7, 11) is 1.65. The van der Waals surface area contributed by atoms with E-state index in [9.17, 15) is 15.0 Å². The van der Waals surface area contributed by atoms with E-state index in [1.54, 1.807) is 19.2 Å². The molecule has 0 aliphatic heterocycles. The fraction of sp³-hybridized carbons (Fsp3) is 0.300. The standard InChI is InChI=1S/C30H35N3O5/c1-30(2,31)17-20-16-22(8-12-27(20)37-3)38-21-6-4-19(5-7-21)14-15-32-18-26(35)23-9-11-25(34)29-24(23)10-13-28(36)33-29/h4-13,16,26,32,34-35H,14-15,17-18,31H2,1-3H3,(H,33,36)/t26-/m0/s1. The van der Waals surface area contributed by atoms with E-state index in [-0.39, 0.29) is 16.8 Å². The normalized spacial score (nSPS) is 12.4. The van der Waals surface area contributed by atoms with E-state index in [1.807, 2.05) is 56.3 Å². The summed E-state index contributed by atoms with van der Waals surface area (Å²) in [4.78, 5) is 14.2. The van der Waals surface area contributed by atoms with Gasteiger partial charge in [-0.05, 0) is 92.4 Å². The molecule has 0 amide bonds. The van der Waals surface area contributed by atoms with Gasteiger partial charge in [0.2, 0.25) is 5.56 Å². The number of nitrogens with one attached hydrogen (secondary N) is 2. The Hall–Kier alpha value is -3.85. The van der Waals surface area contributed by atoms with Crippen LogP contribution in [0, 0.1) is 0 Å². The minimum atomic E-state index is -0.793. The molecule has 0 saturated carbocycles. The molecule has 0 bridgehead atoms. The molecule has 8 nitrogen and oxygen atoms in total. The Morgan fingerprint density at radius 2 is 1.76 bits per heavy atom. The van der Waals surface area contributed by atoms with Gasteiger partial charge < -0.3 is 35.7 Å². The smallest absolute Gasteiger partial charge is 0.248 e. The first-order valence-electron chi connectivity index (χ1n) is 12.6. The third-order valence-corrected chi connectivity index (χ3v) is 6.25. The van der Waals surface area contributed by atoms with Gasteiger partial charge in [0.15, 0.2) is 0 Å². The lowest BCUT2D eigenvalue weighted by atomic mass is 9.95. The van der Waals surface area contributed by atoms with E-state index in [0.29, 0.717) is 36.0 Å². The summed E-state index contributed by atoms with van der Waals surface area (Å²) in [6.07, 6.45) is 0.643. The molecule has 6 N–H and O–H groups in total. The third kappa shape index (κ3) is 6.92. The molecule has 0 fully saturated rings. The molecule has 4 aromatic rings. The number of aliphatic hydroxyl groups is 1. The van der Waals surface area contributed by atoms with Crippen LogP contribution in [0.1, 0.15) is 36.6 Å². The van der Waals surface area contributed by atoms with Crippen molar-refractivity contribution in [1.29, 1.82) is 0 Å². The van der Waals surface area contributed by atoms with Gasteiger partial charge in [-0.2, -0.15) is 0 Å². The molecule has 38 heavy (non-hydrogen) atoms. The SMILES string of the molecule is COc1ccc(Oc2ccc(CCNC[C@H](O)c3ccc(O)c4[nH]c(=O)ccc34)cc2)cc1CC(C)(C)N. The summed E-state index contributed by atoms with van der Waals surface area (Å²) in [5.74, 6) is 2.22. The highest BCUT2D eigenvalue weighted by atomic mass is 16.5. The first-order valence-corrected chi connectivity index (χ1v) is 12.6. The lowest BCUT2D eigenvalue weighted by Gasteiger charge is -2.20. The summed E-state index contributed by atoms with van der Waals surface area (Å²) < 4.78 is 11.5. The molecule has 4 rings (SSSR count). The highest BCUT2D eigenvalue weighted by Crippen LogP contribution is 2.30. The number of phenolic OH excluding ortho intramolecular Hbond substituents is 1. The van der Waals surface area contributed by atoms with Gasteiger partial charge in [0.25, 0.3) is 0 Å². The molecule has 1 atom stereocenters. The Morgan fingerprint density at radius 3 is 2.47 bits per heavy atom. The molecule has 8 heteroatoms. The van der Waals surface area contributed by atoms with Crippen LogP contribution in [0.3, 0.4) is 0 Å². The summed E-state index contributed by atoms with van der Waals surface area (Å²) in [5, 5.41) is 24.6. The Balaban J connectivity index is 1.31. The van der Waals surface area contributed by atoms with Crippen LogP contribution in [0.15, 0.2) is 71.5 Å². The zero-order valence-corrected chi connectivity index (χ0v) is 22.0. The van der Waals surface area contributed by atoms with Crippen molar-refractivity contribution in [2.75, 3.05) is 20.2 Å². The van der Waals surface area contributed by atoms with Crippen LogP contribution in [-0.2, 0) is 12.8 Å². The van der Waals surface area contributed by atoms with E-state index < -0.39 is 6.10 Å². The summed E-state index contributed by atoms with van der Waals surface area (Å²) in [6.45, 7) is 4.96. The zero-order valence-electron chi connectivity index (χ0n) is 22.0. The molecule has 200 valence electrons. The van der Waals surface area contributed by atoms with E-state index in [1.165, 1.54) is 12.1 Å². The number of hydrogen-bond acceptors (Lipinski definition) is 7. The summed E-state index contributed by atoms with van der Waals surface area (Å²) in [5.41, 5.74) is 8.62. The van der Waals surface area contributed by atoms with Crippen molar-refractivity contribution in [3.8, 4) is 23.0 Å². The van der Waals surface area contributed by atoms with Crippen molar-refractivity contribution in [3.05, 3.63) is 93.8 Å². The topological polar surface area (TPSA) is 130 Å². The van der Waals surface area contributed by atoms with Crippen molar-refractivity contribution in [1.82, 2.24) is 10.3 Å². The number of aromatic hydroxyl groups is 1. The second-order valence-corrected chi connectivity index (χ2v) is 10.1. The van der Waals surface area contributed by atoms with Gasteiger partial charge in [-0.3, -0.25) is 4.79 Å². The molecular formula is C30H35N3O5. The van der Waals surface area contributed by atoms with Crippen LogP contribution in [0.5, 0.6) is 23.0 Å². The fourth-order valence-corrected chi connectivity index (χ4v) is 4.44. The molecule has 0 unspecified atom stereocenters. The van der Waals surface area contributed by atoms with Gasteiger partial charge >= 0.3 is 0 Å². The number of aromatic nitrogens is 1. The average Bonchev–Trinajstić information content (AvgIpc) is 2.87. The fourth-order valence-electron chi connectivity index (χ4n) is 4.44. The van der Waals surface area contributed by atoms with Crippen LogP contribution in [0.25, 0.3) is 10.9 Å². The number of nitrogens with two attached hydrogens (primary N) is 1. The molecule has 1 heterocycles. The first kappa shape index (κ1) is 27.2. The third-order valence-electron chi connectivity index (χ3n) is 6.25. The van der Waals surface area contributed by atoms with E-state index in [4.69, 9.17) is 15.2 Å². The van der Waals surface area contributed by atoms with Crippen molar-refractivity contribution in [3.63, 3.8) is 0 Å². The average molecular weight is 518 g/mol. The van der Waals surface area contributed by atoms with Gasteiger partial charge in [0, 0.05) is 23.5 Å². The lowest BCUT2D eigenvalue weighted by molar-refractivity contribution is 0.176. The predicted molar refractivity (Wildman–Crippen MR) is 149 cm³/mol. The molecule has 0 radical (unpaired) electrons. The van der Waals surface area contributed by atoms with Crippen molar-refractivity contribution >= 4 is 10.9 Å². The number of pyridine rings is 1. The number of aromatic amines is 1. The van der Waals surface area contributed by atoms with Crippen LogP contribution in [0.4, 0.5) is 0 Å². The van der Waals surface area contributed by atoms with Gasteiger partial charge in [-0.25, -0.2) is 0 Å². The monoisotopic (exact) mass is 517 g/mol. The van der Waals surface area contributed by atoms with Crippen LogP contribution in [-0.4, -0.2) is 40.9 Å². The molecule has 0 aliphatic carbocycles. The van der Waals surface area contributed by atoms with Gasteiger partial charge in [-0.1, -0.05) is 18.2 Å². The van der Waals surface area contributed by atoms with E-state index in [2.05, 4.69) is 10.3 Å². The first-order chi connectivity index (χ1) is 18.1. The van der Waals surface area contributed by atoms with Gasteiger partial charge in [-0.15, -0.1) is 0 Å². The lowest BCUT2D eigenvalue weighted by Crippen LogP contribution is -2.34. The Labute approximate surface area is 222 Å². The predicted octanol–water partition coefficient (Wildman–Crippen LogP) is 4.18. The maximum atomic E-state index is 11.6. The van der Waals surface area contributed by atoms with Crippen LogP contribution in [0.2, 0.25) is 0 Å². The number of aliphatic hydroxyl groups excluding tert-OH is 1. The number of H-pyrrole nitrogens is 1. The number of benzene rings is 3. The maximum absolute atomic E-state index is 11.6. The number of methoxy groups -OCH3 is 1. The number of fused-ring (bicyclic) bond motifs is 1. The quantitative estimate of drug-likeness (QED) is 0.189. The number of ether oxygens (including phenoxy) is 2. The van der Waals surface area contributed by atoms with Crippen LogP contribution >= 0.6 is 0 Å². The number of rotatable bonds is 11. The highest BCUT2D eigenvalue weighted by molar-refractivity contribution is 5.87. The Bertz CT molecular complexity index is 1440. The molecular weight excluding hydrogens is 482 g/mol. The van der Waals surface area contributed by atoms with Gasteiger partial charge in [0.05, 0.1) is 18.7 Å². The molecule has 0 spiro atoms. The zero-order chi connectivity index (χ0) is 27.3. The maximum Gasteiger partial charge on any atom is 0.248 e. The number of phenols is 1. The molecule has 3 aromatic carbocycles. The summed E-state index contributed by atoms with van der Waals surface area (Å²) >= 11 is 0. The minimum absolute atomic E-state index is 0.0269. The second kappa shape index (κ2) is 11.7. The molecule has 1 aromatic heterocycles. The Kier molecular flexibility index (Phi) is 8.36. The van der Waals surface area contributed by atoms with Crippen molar-refractivity contribution in [2.45, 2.75) is 38.3 Å². The second-order valence-electron chi connectivity index (χ2n) is 10.1. The Morgan fingerprint density at radius 1 is 1.03 bits per heavy atom. The van der Waals surface area contributed by atoms with E-state index >= 15 is 0 Å². The minimum Gasteiger partial charge on any atom is -0.506 e. The molecule has 0 aliphatic rings. The number of hydrogen-bond donors (Lipinski definition) is 5. The van der Waals surface area contributed by atoms with Gasteiger partial charge in [0.1, 0.15) is 23.0 Å². The van der Waals surface area contributed by atoms with Crippen molar-refractivity contribution in [2.24, 2.45) is 5.73 Å². The highest BCUT2D eigenvalue weighted by Gasteiger charge is 2.16. The van der Waals surface area contributed by atoms with Crippen molar-refractivity contribution < 1.29 is 19.7 Å². The summed E-state index contributed by atoms with van der Waals surface area (Å²) in [6, 6.07) is 19.8. The van der Waals surface area contributed by atoms with Crippen LogP contribution < -0.4 is 26.1 Å².